The van der Waals surface area contributed by atoms with Gasteiger partial charge >= 0.3 is 35.8 Å². The minimum Gasteiger partial charge on any atom is -0.466 e. The molecule has 0 aliphatic carbocycles. The molecule has 0 spiro atoms. The summed E-state index contributed by atoms with van der Waals surface area (Å²) < 4.78 is 29.9. The van der Waals surface area contributed by atoms with E-state index >= 15 is 0 Å². The molecule has 0 fully saturated rings. The van der Waals surface area contributed by atoms with Gasteiger partial charge in [0.25, 0.3) is 0 Å². The van der Waals surface area contributed by atoms with Gasteiger partial charge in [-0.25, -0.2) is 9.59 Å². The molecule has 0 bridgehead atoms. The van der Waals surface area contributed by atoms with Crippen molar-refractivity contribution >= 4 is 35.8 Å². The van der Waals surface area contributed by atoms with Crippen molar-refractivity contribution in [3.8, 4) is 0 Å². The van der Waals surface area contributed by atoms with Crippen LogP contribution in [-0.2, 0) is 57.2 Å². The van der Waals surface area contributed by atoms with E-state index in [9.17, 15) is 28.8 Å². The van der Waals surface area contributed by atoms with Crippen LogP contribution in [0.2, 0.25) is 0 Å². The Labute approximate surface area is 222 Å². The number of carbonyl (C=O) groups excluding carboxylic acids is 6. The molecule has 0 rings (SSSR count). The average molecular weight is 543 g/mol. The predicted molar refractivity (Wildman–Crippen MR) is 132 cm³/mol. The van der Waals surface area contributed by atoms with Gasteiger partial charge < -0.3 is 28.4 Å². The zero-order valence-corrected chi connectivity index (χ0v) is 22.7. The van der Waals surface area contributed by atoms with E-state index in [1.165, 1.54) is 6.92 Å². The quantitative estimate of drug-likeness (QED) is 0.141. The second-order valence-corrected chi connectivity index (χ2v) is 7.82. The van der Waals surface area contributed by atoms with Gasteiger partial charge in [0.2, 0.25) is 0 Å². The van der Waals surface area contributed by atoms with Crippen molar-refractivity contribution in [3.05, 3.63) is 24.3 Å². The van der Waals surface area contributed by atoms with E-state index < -0.39 is 66.6 Å². The third-order valence-corrected chi connectivity index (χ3v) is 4.92. The zero-order chi connectivity index (χ0) is 29.3. The molecule has 0 heterocycles. The molecule has 0 N–H and O–H groups in total. The average Bonchev–Trinajstić information content (AvgIpc) is 2.85. The van der Waals surface area contributed by atoms with Crippen molar-refractivity contribution in [1.29, 1.82) is 0 Å². The largest absolute Gasteiger partial charge is 0.466 e. The van der Waals surface area contributed by atoms with Gasteiger partial charge in [0, 0.05) is 17.6 Å². The summed E-state index contributed by atoms with van der Waals surface area (Å²) in [6.07, 6.45) is -1.74. The highest BCUT2D eigenvalue weighted by Crippen LogP contribution is 2.21. The maximum absolute atomic E-state index is 12.7. The van der Waals surface area contributed by atoms with Crippen molar-refractivity contribution in [1.82, 2.24) is 0 Å². The third-order valence-electron chi connectivity index (χ3n) is 4.92. The standard InChI is InChI=1S/C26H38O12/c1-8-33-21(27)14-19(17(6)23(29)35-10-3)25(31)37-13-12-16(5)38-26(32)20(15-22(28)34-9-2)18(7)24(30)36-11-4/h16,19-20H,6-15H2,1-5H3. The van der Waals surface area contributed by atoms with E-state index in [0.717, 1.165) is 0 Å². The Hall–Kier alpha value is -3.70. The Morgan fingerprint density at radius 3 is 1.39 bits per heavy atom. The van der Waals surface area contributed by atoms with E-state index in [2.05, 4.69) is 13.2 Å². The highest BCUT2D eigenvalue weighted by Gasteiger charge is 2.33. The van der Waals surface area contributed by atoms with Gasteiger partial charge in [0.15, 0.2) is 0 Å². The van der Waals surface area contributed by atoms with Crippen LogP contribution >= 0.6 is 0 Å². The van der Waals surface area contributed by atoms with Crippen LogP contribution in [0.4, 0.5) is 0 Å². The van der Waals surface area contributed by atoms with Crippen LogP contribution in [0.5, 0.6) is 0 Å². The number of esters is 6. The van der Waals surface area contributed by atoms with Crippen molar-refractivity contribution < 1.29 is 57.2 Å². The van der Waals surface area contributed by atoms with Crippen LogP contribution in [0.3, 0.4) is 0 Å². The second kappa shape index (κ2) is 18.5. The van der Waals surface area contributed by atoms with Gasteiger partial charge in [-0.05, 0) is 34.6 Å². The van der Waals surface area contributed by atoms with E-state index in [4.69, 9.17) is 28.4 Å². The maximum atomic E-state index is 12.7. The highest BCUT2D eigenvalue weighted by molar-refractivity contribution is 5.97. The molecule has 3 unspecified atom stereocenters. The van der Waals surface area contributed by atoms with Crippen molar-refractivity contribution in [2.75, 3.05) is 33.0 Å². The molecule has 0 aromatic rings. The summed E-state index contributed by atoms with van der Waals surface area (Å²) in [5.41, 5.74) is -0.522. The molecular formula is C26H38O12. The third kappa shape index (κ3) is 12.5. The Morgan fingerprint density at radius 2 is 1.00 bits per heavy atom. The number of hydrogen-bond acceptors (Lipinski definition) is 12. The first kappa shape index (κ1) is 34.3. The van der Waals surface area contributed by atoms with E-state index in [1.807, 2.05) is 0 Å². The fraction of sp³-hybridized carbons (Fsp3) is 0.615. The normalized spacial score (nSPS) is 12.7. The molecule has 0 aliphatic rings. The van der Waals surface area contributed by atoms with Crippen molar-refractivity contribution in [2.45, 2.75) is 60.0 Å². The molecule has 0 aromatic carbocycles. The predicted octanol–water partition coefficient (Wildman–Crippen LogP) is 2.23. The van der Waals surface area contributed by atoms with Crippen LogP contribution in [0, 0.1) is 11.8 Å². The van der Waals surface area contributed by atoms with Gasteiger partial charge in [0.1, 0.15) is 6.10 Å². The molecule has 214 valence electrons. The number of hydrogen-bond donors (Lipinski definition) is 0. The second-order valence-electron chi connectivity index (χ2n) is 7.82. The van der Waals surface area contributed by atoms with Gasteiger partial charge in [0.05, 0.1) is 57.7 Å². The van der Waals surface area contributed by atoms with Gasteiger partial charge in [-0.2, -0.15) is 0 Å². The molecule has 12 heteroatoms. The lowest BCUT2D eigenvalue weighted by Crippen LogP contribution is -2.31. The molecule has 0 saturated heterocycles. The Morgan fingerprint density at radius 1 is 0.605 bits per heavy atom. The summed E-state index contributed by atoms with van der Waals surface area (Å²) in [5, 5.41) is 0. The molecule has 0 radical (unpaired) electrons. The van der Waals surface area contributed by atoms with Crippen molar-refractivity contribution in [2.24, 2.45) is 11.8 Å². The van der Waals surface area contributed by atoms with E-state index in [1.54, 1.807) is 27.7 Å². The number of ether oxygens (including phenoxy) is 6. The maximum Gasteiger partial charge on any atom is 0.334 e. The minimum absolute atomic E-state index is 0.0213. The van der Waals surface area contributed by atoms with Crippen LogP contribution in [-0.4, -0.2) is 75.0 Å². The molecular weight excluding hydrogens is 504 g/mol. The molecule has 0 saturated carbocycles. The van der Waals surface area contributed by atoms with Gasteiger partial charge in [-0.15, -0.1) is 0 Å². The highest BCUT2D eigenvalue weighted by atomic mass is 16.6. The minimum atomic E-state index is -1.33. The first-order valence-electron chi connectivity index (χ1n) is 12.3. The van der Waals surface area contributed by atoms with Crippen LogP contribution in [0.25, 0.3) is 0 Å². The van der Waals surface area contributed by atoms with Gasteiger partial charge in [-0.3, -0.25) is 19.2 Å². The molecule has 38 heavy (non-hydrogen) atoms. The number of carbonyl (C=O) groups is 6. The fourth-order valence-corrected chi connectivity index (χ4v) is 2.97. The van der Waals surface area contributed by atoms with Crippen LogP contribution in [0.1, 0.15) is 53.9 Å². The van der Waals surface area contributed by atoms with Gasteiger partial charge in [-0.1, -0.05) is 13.2 Å². The monoisotopic (exact) mass is 542 g/mol. The van der Waals surface area contributed by atoms with E-state index in [-0.39, 0.29) is 50.6 Å². The van der Waals surface area contributed by atoms with E-state index in [0.29, 0.717) is 0 Å². The summed E-state index contributed by atoms with van der Waals surface area (Å²) >= 11 is 0. The summed E-state index contributed by atoms with van der Waals surface area (Å²) in [7, 11) is 0. The van der Waals surface area contributed by atoms with Crippen LogP contribution < -0.4 is 0 Å². The molecule has 0 amide bonds. The number of rotatable bonds is 18. The SMILES string of the molecule is C=C(C(=O)OCC)C(CC(=O)OCC)C(=O)OCCC(C)OC(=O)C(CC(=O)OCC)C(=C)C(=O)OCC. The smallest absolute Gasteiger partial charge is 0.334 e. The fourth-order valence-electron chi connectivity index (χ4n) is 2.97. The topological polar surface area (TPSA) is 158 Å². The molecule has 3 atom stereocenters. The Balaban J connectivity index is 5.22. The summed E-state index contributed by atoms with van der Waals surface area (Å²) in [6.45, 7) is 15.0. The summed E-state index contributed by atoms with van der Waals surface area (Å²) in [5.74, 6) is -7.64. The lowest BCUT2D eigenvalue weighted by atomic mass is 9.96. The molecule has 12 nitrogen and oxygen atoms in total. The molecule has 0 aromatic heterocycles. The summed E-state index contributed by atoms with van der Waals surface area (Å²) in [4.78, 5) is 73.4. The first-order chi connectivity index (χ1) is 17.9. The lowest BCUT2D eigenvalue weighted by Gasteiger charge is -2.21. The Kier molecular flexibility index (Phi) is 16.7. The lowest BCUT2D eigenvalue weighted by molar-refractivity contribution is -0.160. The van der Waals surface area contributed by atoms with Crippen molar-refractivity contribution in [3.63, 3.8) is 0 Å². The van der Waals surface area contributed by atoms with Crippen LogP contribution in [0.15, 0.2) is 24.3 Å². The summed E-state index contributed by atoms with van der Waals surface area (Å²) in [6, 6.07) is 0. The zero-order valence-electron chi connectivity index (χ0n) is 22.7. The first-order valence-corrected chi connectivity index (χ1v) is 12.3. The molecule has 0 aliphatic heterocycles. The Bertz CT molecular complexity index is 875.